The predicted molar refractivity (Wildman–Crippen MR) is 125 cm³/mol. The number of hydrogen-bond acceptors (Lipinski definition) is 6. The number of halogens is 3. The Morgan fingerprint density at radius 2 is 1.81 bits per heavy atom. The Labute approximate surface area is 207 Å². The van der Waals surface area contributed by atoms with Crippen LogP contribution in [0.2, 0.25) is 0 Å². The molecule has 37 heavy (non-hydrogen) atoms. The highest BCUT2D eigenvalue weighted by Gasteiger charge is 2.45. The van der Waals surface area contributed by atoms with Gasteiger partial charge in [0.05, 0.1) is 18.5 Å². The van der Waals surface area contributed by atoms with Gasteiger partial charge in [0.25, 0.3) is 11.4 Å². The van der Waals surface area contributed by atoms with Crippen molar-refractivity contribution in [1.29, 1.82) is 0 Å². The Morgan fingerprint density at radius 3 is 2.49 bits per heavy atom. The minimum atomic E-state index is -4.79. The Kier molecular flexibility index (Phi) is 6.06. The number of carbonyl (C=O) groups is 1. The normalized spacial score (nSPS) is 14.4. The van der Waals surface area contributed by atoms with Gasteiger partial charge in [-0.2, -0.15) is 4.98 Å². The van der Waals surface area contributed by atoms with Crippen LogP contribution in [0.5, 0.6) is 5.75 Å². The van der Waals surface area contributed by atoms with Gasteiger partial charge < -0.3 is 18.9 Å². The monoisotopic (exact) mass is 511 g/mol. The highest BCUT2D eigenvalue weighted by molar-refractivity contribution is 5.70. The minimum Gasteiger partial charge on any atom is -0.481 e. The summed E-state index contributed by atoms with van der Waals surface area (Å²) in [5, 5.41) is 13.1. The largest absolute Gasteiger partial charge is 0.573 e. The van der Waals surface area contributed by atoms with E-state index in [4.69, 9.17) is 4.52 Å². The molecule has 2 aromatic carbocycles. The van der Waals surface area contributed by atoms with Crippen LogP contribution < -0.4 is 10.3 Å². The number of aliphatic carboxylic acids is 1. The molecule has 1 fully saturated rings. The van der Waals surface area contributed by atoms with Crippen molar-refractivity contribution in [1.82, 2.24) is 14.7 Å². The molecule has 1 aliphatic rings. The standard InChI is InChI=1S/C26H20F3N3O5/c27-26(28,29)36-20-7-4-17(5-8-20)23-30-24(37-31-23)18-6-9-21(33)32(15-18)14-16-2-1-3-19(12-16)25(10-11-25)13-22(34)35/h1-9,12,15H,10-11,13-14H2,(H,34,35). The first-order valence-corrected chi connectivity index (χ1v) is 11.3. The molecule has 8 nitrogen and oxygen atoms in total. The van der Waals surface area contributed by atoms with Gasteiger partial charge in [0.15, 0.2) is 0 Å². The topological polar surface area (TPSA) is 107 Å². The van der Waals surface area contributed by atoms with Gasteiger partial charge >= 0.3 is 12.3 Å². The fourth-order valence-corrected chi connectivity index (χ4v) is 4.25. The van der Waals surface area contributed by atoms with Crippen molar-refractivity contribution in [3.05, 3.63) is 88.3 Å². The van der Waals surface area contributed by atoms with E-state index in [0.29, 0.717) is 11.1 Å². The van der Waals surface area contributed by atoms with Gasteiger partial charge in [-0.05, 0) is 54.3 Å². The van der Waals surface area contributed by atoms with Crippen LogP contribution in [0.3, 0.4) is 0 Å². The second-order valence-electron chi connectivity index (χ2n) is 8.93. The fourth-order valence-electron chi connectivity index (χ4n) is 4.25. The first-order valence-electron chi connectivity index (χ1n) is 11.3. The molecule has 1 saturated carbocycles. The molecule has 0 amide bonds. The maximum Gasteiger partial charge on any atom is 0.573 e. The second kappa shape index (κ2) is 9.23. The van der Waals surface area contributed by atoms with Crippen molar-refractivity contribution >= 4 is 5.97 Å². The van der Waals surface area contributed by atoms with E-state index in [1.165, 1.54) is 22.8 Å². The number of carboxylic acid groups (broad SMARTS) is 1. The SMILES string of the molecule is O=C(O)CC1(c2cccc(Cn3cc(-c4nc(-c5ccc(OC(F)(F)F)cc5)no4)ccc3=O)c2)CC1. The quantitative estimate of drug-likeness (QED) is 0.354. The Morgan fingerprint density at radius 1 is 1.08 bits per heavy atom. The van der Waals surface area contributed by atoms with Crippen molar-refractivity contribution in [3.8, 4) is 28.6 Å². The van der Waals surface area contributed by atoms with Crippen LogP contribution in [0, 0.1) is 0 Å². The van der Waals surface area contributed by atoms with Crippen molar-refractivity contribution in [2.45, 2.75) is 37.6 Å². The molecule has 0 spiro atoms. The summed E-state index contributed by atoms with van der Waals surface area (Å²) in [6, 6.07) is 15.5. The Balaban J connectivity index is 1.35. The van der Waals surface area contributed by atoms with Crippen molar-refractivity contribution in [3.63, 3.8) is 0 Å². The maximum atomic E-state index is 12.5. The fraction of sp³-hybridized carbons (Fsp3) is 0.231. The van der Waals surface area contributed by atoms with Gasteiger partial charge in [0, 0.05) is 23.2 Å². The van der Waals surface area contributed by atoms with E-state index in [2.05, 4.69) is 14.9 Å². The molecule has 2 heterocycles. The highest BCUT2D eigenvalue weighted by Crippen LogP contribution is 2.51. The summed E-state index contributed by atoms with van der Waals surface area (Å²) in [7, 11) is 0. The van der Waals surface area contributed by atoms with E-state index < -0.39 is 12.3 Å². The molecule has 0 bridgehead atoms. The lowest BCUT2D eigenvalue weighted by Crippen LogP contribution is -2.19. The number of ether oxygens (including phenoxy) is 1. The third-order valence-electron chi connectivity index (χ3n) is 6.24. The molecule has 0 saturated heterocycles. The first-order chi connectivity index (χ1) is 17.6. The van der Waals surface area contributed by atoms with E-state index in [1.54, 1.807) is 12.3 Å². The average molecular weight is 511 g/mol. The van der Waals surface area contributed by atoms with Crippen LogP contribution >= 0.6 is 0 Å². The lowest BCUT2D eigenvalue weighted by molar-refractivity contribution is -0.274. The van der Waals surface area contributed by atoms with Crippen LogP contribution in [-0.2, 0) is 16.8 Å². The molecule has 1 N–H and O–H groups in total. The van der Waals surface area contributed by atoms with Crippen molar-refractivity contribution in [2.75, 3.05) is 0 Å². The number of pyridine rings is 1. The number of benzene rings is 2. The van der Waals surface area contributed by atoms with E-state index in [0.717, 1.165) is 36.1 Å². The molecule has 4 aromatic rings. The van der Waals surface area contributed by atoms with E-state index in [9.17, 15) is 27.9 Å². The minimum absolute atomic E-state index is 0.0729. The molecule has 0 aliphatic heterocycles. The molecule has 0 unspecified atom stereocenters. The number of hydrogen-bond donors (Lipinski definition) is 1. The first kappa shape index (κ1) is 24.3. The summed E-state index contributed by atoms with van der Waals surface area (Å²) >= 11 is 0. The molecule has 5 rings (SSSR count). The van der Waals surface area contributed by atoms with Crippen LogP contribution in [0.15, 0.2) is 76.2 Å². The second-order valence-corrected chi connectivity index (χ2v) is 8.93. The molecular weight excluding hydrogens is 491 g/mol. The van der Waals surface area contributed by atoms with Gasteiger partial charge in [-0.15, -0.1) is 13.2 Å². The van der Waals surface area contributed by atoms with Gasteiger partial charge in [-0.1, -0.05) is 29.4 Å². The summed E-state index contributed by atoms with van der Waals surface area (Å²) in [5.74, 6) is -0.915. The third kappa shape index (κ3) is 5.55. The summed E-state index contributed by atoms with van der Waals surface area (Å²) < 4.78 is 47.8. The summed E-state index contributed by atoms with van der Waals surface area (Å²) in [6.45, 7) is 0.255. The molecular formula is C26H20F3N3O5. The van der Waals surface area contributed by atoms with Crippen LogP contribution in [0.25, 0.3) is 22.8 Å². The molecule has 1 aliphatic carbocycles. The van der Waals surface area contributed by atoms with E-state index in [1.807, 2.05) is 24.3 Å². The van der Waals surface area contributed by atoms with Gasteiger partial charge in [-0.25, -0.2) is 0 Å². The lowest BCUT2D eigenvalue weighted by Gasteiger charge is -2.15. The zero-order chi connectivity index (χ0) is 26.2. The molecule has 0 atom stereocenters. The number of nitrogens with zero attached hydrogens (tertiary/aromatic N) is 3. The molecule has 2 aromatic heterocycles. The predicted octanol–water partition coefficient (Wildman–Crippen LogP) is 5.02. The number of rotatable bonds is 8. The van der Waals surface area contributed by atoms with Crippen molar-refractivity contribution in [2.24, 2.45) is 0 Å². The smallest absolute Gasteiger partial charge is 0.481 e. The third-order valence-corrected chi connectivity index (χ3v) is 6.24. The van der Waals surface area contributed by atoms with Crippen LogP contribution in [-0.4, -0.2) is 32.1 Å². The molecule has 11 heteroatoms. The summed E-state index contributed by atoms with van der Waals surface area (Å²) in [4.78, 5) is 28.1. The highest BCUT2D eigenvalue weighted by atomic mass is 19.4. The van der Waals surface area contributed by atoms with Crippen molar-refractivity contribution < 1.29 is 32.3 Å². The number of carboxylic acids is 1. The zero-order valence-electron chi connectivity index (χ0n) is 19.2. The summed E-state index contributed by atoms with van der Waals surface area (Å²) in [5.41, 5.74) is 2.11. The number of alkyl halides is 3. The van der Waals surface area contributed by atoms with Gasteiger partial charge in [0.1, 0.15) is 5.75 Å². The maximum absolute atomic E-state index is 12.5. The number of aromatic nitrogens is 3. The van der Waals surface area contributed by atoms with E-state index >= 15 is 0 Å². The Hall–Kier alpha value is -4.41. The van der Waals surface area contributed by atoms with Crippen LogP contribution in [0.4, 0.5) is 13.2 Å². The molecule has 0 radical (unpaired) electrons. The van der Waals surface area contributed by atoms with E-state index in [-0.39, 0.29) is 41.4 Å². The lowest BCUT2D eigenvalue weighted by atomic mass is 9.91. The molecule has 190 valence electrons. The van der Waals surface area contributed by atoms with Gasteiger partial charge in [-0.3, -0.25) is 9.59 Å². The van der Waals surface area contributed by atoms with Gasteiger partial charge in [0.2, 0.25) is 5.82 Å². The Bertz CT molecular complexity index is 1500. The van der Waals surface area contributed by atoms with Crippen LogP contribution in [0.1, 0.15) is 30.4 Å². The zero-order valence-corrected chi connectivity index (χ0v) is 19.2. The summed E-state index contributed by atoms with van der Waals surface area (Å²) in [6.07, 6.45) is -1.51. The average Bonchev–Trinajstić information content (AvgIpc) is 3.44.